The molecule has 2 aromatic rings. The standard InChI is InChI=1S/C20H23ClN4O2/c1-20(22)10-3-2-7-16(20)19(27)24-15-6-4-5-13(11-15)18(26)25-17-9-8-14(21)12-23-17/h4-6,8-9,11-12,16H,2-3,7,10,22H2,1H3,(H,24,27)(H,23,25,26). The number of carbonyl (C=O) groups is 2. The molecule has 0 saturated heterocycles. The van der Waals surface area contributed by atoms with E-state index in [0.29, 0.717) is 22.1 Å². The maximum absolute atomic E-state index is 12.7. The smallest absolute Gasteiger partial charge is 0.256 e. The Bertz CT molecular complexity index is 836. The molecule has 2 amide bonds. The van der Waals surface area contributed by atoms with Crippen LogP contribution in [0.25, 0.3) is 0 Å². The van der Waals surface area contributed by atoms with Crippen molar-refractivity contribution in [2.45, 2.75) is 38.1 Å². The molecule has 6 nitrogen and oxygen atoms in total. The molecule has 1 aromatic heterocycles. The van der Waals surface area contributed by atoms with Crippen molar-refractivity contribution in [2.75, 3.05) is 10.6 Å². The summed E-state index contributed by atoms with van der Waals surface area (Å²) in [5.41, 5.74) is 6.80. The summed E-state index contributed by atoms with van der Waals surface area (Å²) >= 11 is 5.79. The molecule has 2 atom stereocenters. The molecular weight excluding hydrogens is 364 g/mol. The monoisotopic (exact) mass is 386 g/mol. The van der Waals surface area contributed by atoms with Crippen molar-refractivity contribution in [3.8, 4) is 0 Å². The van der Waals surface area contributed by atoms with Crippen molar-refractivity contribution >= 4 is 34.9 Å². The molecular formula is C20H23ClN4O2. The molecule has 7 heteroatoms. The maximum Gasteiger partial charge on any atom is 0.256 e. The van der Waals surface area contributed by atoms with E-state index in [-0.39, 0.29) is 17.7 Å². The highest BCUT2D eigenvalue weighted by Gasteiger charge is 2.37. The zero-order valence-corrected chi connectivity index (χ0v) is 15.9. The van der Waals surface area contributed by atoms with Gasteiger partial charge in [0.05, 0.1) is 10.9 Å². The summed E-state index contributed by atoms with van der Waals surface area (Å²) in [6.07, 6.45) is 5.12. The summed E-state index contributed by atoms with van der Waals surface area (Å²) in [7, 11) is 0. The lowest BCUT2D eigenvalue weighted by atomic mass is 9.74. The lowest BCUT2D eigenvalue weighted by Gasteiger charge is -2.37. The van der Waals surface area contributed by atoms with Gasteiger partial charge in [-0.15, -0.1) is 0 Å². The third-order valence-corrected chi connectivity index (χ3v) is 5.16. The molecule has 0 spiro atoms. The summed E-state index contributed by atoms with van der Waals surface area (Å²) in [5.74, 6) is -0.249. The minimum absolute atomic E-state index is 0.100. The fourth-order valence-corrected chi connectivity index (χ4v) is 3.51. The van der Waals surface area contributed by atoms with Crippen LogP contribution in [0.3, 0.4) is 0 Å². The van der Waals surface area contributed by atoms with Gasteiger partial charge in [0.2, 0.25) is 5.91 Å². The van der Waals surface area contributed by atoms with Gasteiger partial charge in [-0.2, -0.15) is 0 Å². The summed E-state index contributed by atoms with van der Waals surface area (Å²) in [6.45, 7) is 1.93. The van der Waals surface area contributed by atoms with Crippen LogP contribution < -0.4 is 16.4 Å². The highest BCUT2D eigenvalue weighted by Crippen LogP contribution is 2.32. The van der Waals surface area contributed by atoms with Crippen molar-refractivity contribution in [3.05, 3.63) is 53.2 Å². The number of benzene rings is 1. The highest BCUT2D eigenvalue weighted by atomic mass is 35.5. The van der Waals surface area contributed by atoms with E-state index in [1.54, 1.807) is 36.4 Å². The largest absolute Gasteiger partial charge is 0.326 e. The molecule has 1 aliphatic rings. The van der Waals surface area contributed by atoms with Gasteiger partial charge < -0.3 is 16.4 Å². The van der Waals surface area contributed by atoms with Crippen LogP contribution in [0, 0.1) is 5.92 Å². The van der Waals surface area contributed by atoms with Crippen molar-refractivity contribution in [3.63, 3.8) is 0 Å². The third kappa shape index (κ3) is 4.84. The number of halogens is 1. The molecule has 4 N–H and O–H groups in total. The first-order valence-electron chi connectivity index (χ1n) is 8.98. The molecule has 1 saturated carbocycles. The van der Waals surface area contributed by atoms with E-state index in [4.69, 9.17) is 17.3 Å². The van der Waals surface area contributed by atoms with Gasteiger partial charge in [0, 0.05) is 23.0 Å². The minimum atomic E-state index is -0.502. The lowest BCUT2D eigenvalue weighted by Crippen LogP contribution is -2.51. The van der Waals surface area contributed by atoms with Gasteiger partial charge in [0.1, 0.15) is 5.82 Å². The summed E-state index contributed by atoms with van der Waals surface area (Å²) < 4.78 is 0. The van der Waals surface area contributed by atoms with E-state index >= 15 is 0 Å². The van der Waals surface area contributed by atoms with E-state index in [1.165, 1.54) is 6.20 Å². The SMILES string of the molecule is CC1(N)CCCCC1C(=O)Nc1cccc(C(=O)Nc2ccc(Cl)cn2)c1. The fraction of sp³-hybridized carbons (Fsp3) is 0.350. The third-order valence-electron chi connectivity index (χ3n) is 4.93. The van der Waals surface area contributed by atoms with Crippen LogP contribution >= 0.6 is 11.6 Å². The van der Waals surface area contributed by atoms with Crippen molar-refractivity contribution < 1.29 is 9.59 Å². The fourth-order valence-electron chi connectivity index (χ4n) is 3.39. The molecule has 0 bridgehead atoms. The number of nitrogens with zero attached hydrogens (tertiary/aromatic N) is 1. The average molecular weight is 387 g/mol. The zero-order chi connectivity index (χ0) is 19.4. The van der Waals surface area contributed by atoms with Crippen LogP contribution in [0.4, 0.5) is 11.5 Å². The van der Waals surface area contributed by atoms with Crippen LogP contribution in [-0.2, 0) is 4.79 Å². The Balaban J connectivity index is 1.68. The topological polar surface area (TPSA) is 97.1 Å². The number of pyridine rings is 1. The van der Waals surface area contributed by atoms with Gasteiger partial charge in [-0.05, 0) is 50.1 Å². The van der Waals surface area contributed by atoms with Crippen LogP contribution in [0.2, 0.25) is 5.02 Å². The van der Waals surface area contributed by atoms with Crippen molar-refractivity contribution in [2.24, 2.45) is 11.7 Å². The number of nitrogens with two attached hydrogens (primary N) is 1. The molecule has 2 unspecified atom stereocenters. The Labute approximate surface area is 163 Å². The predicted octanol–water partition coefficient (Wildman–Crippen LogP) is 3.83. The zero-order valence-electron chi connectivity index (χ0n) is 15.2. The second-order valence-electron chi connectivity index (χ2n) is 7.19. The molecule has 1 aliphatic carbocycles. The Hall–Kier alpha value is -2.44. The molecule has 1 fully saturated rings. The number of anilines is 2. The van der Waals surface area contributed by atoms with E-state index in [2.05, 4.69) is 15.6 Å². The number of hydrogen-bond acceptors (Lipinski definition) is 4. The number of amides is 2. The Morgan fingerprint density at radius 2 is 2.04 bits per heavy atom. The van der Waals surface area contributed by atoms with Crippen molar-refractivity contribution in [1.82, 2.24) is 4.98 Å². The maximum atomic E-state index is 12.7. The van der Waals surface area contributed by atoms with E-state index in [1.807, 2.05) is 6.92 Å². The van der Waals surface area contributed by atoms with Crippen LogP contribution in [0.1, 0.15) is 43.0 Å². The van der Waals surface area contributed by atoms with Gasteiger partial charge in [-0.25, -0.2) is 4.98 Å². The molecule has 0 aliphatic heterocycles. The quantitative estimate of drug-likeness (QED) is 0.743. The highest BCUT2D eigenvalue weighted by molar-refractivity contribution is 6.30. The first-order valence-corrected chi connectivity index (χ1v) is 9.36. The minimum Gasteiger partial charge on any atom is -0.326 e. The predicted molar refractivity (Wildman–Crippen MR) is 107 cm³/mol. The summed E-state index contributed by atoms with van der Waals surface area (Å²) in [4.78, 5) is 29.1. The van der Waals surface area contributed by atoms with Crippen molar-refractivity contribution in [1.29, 1.82) is 0 Å². The Kier molecular flexibility index (Phi) is 5.77. The molecule has 142 valence electrons. The van der Waals surface area contributed by atoms with Gasteiger partial charge in [-0.1, -0.05) is 30.5 Å². The normalized spacial score (nSPS) is 22.1. The van der Waals surface area contributed by atoms with E-state index in [9.17, 15) is 9.59 Å². The van der Waals surface area contributed by atoms with Crippen LogP contribution in [0.5, 0.6) is 0 Å². The molecule has 27 heavy (non-hydrogen) atoms. The second-order valence-corrected chi connectivity index (χ2v) is 7.63. The average Bonchev–Trinajstić information content (AvgIpc) is 2.63. The second kappa shape index (κ2) is 8.06. The Morgan fingerprint density at radius 3 is 2.74 bits per heavy atom. The molecule has 1 heterocycles. The van der Waals surface area contributed by atoms with E-state index < -0.39 is 5.54 Å². The molecule has 0 radical (unpaired) electrons. The van der Waals surface area contributed by atoms with Gasteiger partial charge in [-0.3, -0.25) is 9.59 Å². The van der Waals surface area contributed by atoms with Gasteiger partial charge in [0.15, 0.2) is 0 Å². The first kappa shape index (κ1) is 19.3. The van der Waals surface area contributed by atoms with Gasteiger partial charge >= 0.3 is 0 Å². The summed E-state index contributed by atoms with van der Waals surface area (Å²) in [5, 5.41) is 6.10. The number of aromatic nitrogens is 1. The molecule has 1 aromatic carbocycles. The number of hydrogen-bond donors (Lipinski definition) is 3. The lowest BCUT2D eigenvalue weighted by molar-refractivity contribution is -0.122. The van der Waals surface area contributed by atoms with Gasteiger partial charge in [0.25, 0.3) is 5.91 Å². The van der Waals surface area contributed by atoms with E-state index in [0.717, 1.165) is 25.7 Å². The molecule has 3 rings (SSSR count). The first-order chi connectivity index (χ1) is 12.8. The number of nitrogens with one attached hydrogen (secondary N) is 2. The summed E-state index contributed by atoms with van der Waals surface area (Å²) in [6, 6.07) is 10.1. The number of carbonyl (C=O) groups excluding carboxylic acids is 2. The van der Waals surface area contributed by atoms with Crippen LogP contribution in [-0.4, -0.2) is 22.3 Å². The van der Waals surface area contributed by atoms with Crippen LogP contribution in [0.15, 0.2) is 42.6 Å². The number of rotatable bonds is 4. The Morgan fingerprint density at radius 1 is 1.22 bits per heavy atom.